The lowest BCUT2D eigenvalue weighted by Gasteiger charge is -2.36. The molecule has 0 spiro atoms. The lowest BCUT2D eigenvalue weighted by Crippen LogP contribution is -2.50. The summed E-state index contributed by atoms with van der Waals surface area (Å²) >= 11 is 0. The van der Waals surface area contributed by atoms with E-state index in [1.165, 1.54) is 0 Å². The van der Waals surface area contributed by atoms with E-state index in [9.17, 15) is 9.59 Å². The van der Waals surface area contributed by atoms with E-state index < -0.39 is 5.60 Å². The van der Waals surface area contributed by atoms with E-state index in [-0.39, 0.29) is 17.9 Å². The Labute approximate surface area is 143 Å². The van der Waals surface area contributed by atoms with Crippen LogP contribution in [0.2, 0.25) is 0 Å². The summed E-state index contributed by atoms with van der Waals surface area (Å²) in [6.45, 7) is 10.8. The van der Waals surface area contributed by atoms with Crippen LogP contribution in [0.1, 0.15) is 50.0 Å². The second-order valence-corrected chi connectivity index (χ2v) is 7.88. The minimum absolute atomic E-state index is 0.0955. The maximum absolute atomic E-state index is 12.3. The summed E-state index contributed by atoms with van der Waals surface area (Å²) in [5.74, 6) is 0.0955. The lowest BCUT2D eigenvalue weighted by atomic mass is 10.0. The molecule has 24 heavy (non-hydrogen) atoms. The Hall–Kier alpha value is -2.04. The van der Waals surface area contributed by atoms with E-state index in [0.29, 0.717) is 12.6 Å². The molecule has 2 fully saturated rings. The van der Waals surface area contributed by atoms with Crippen molar-refractivity contribution < 1.29 is 14.3 Å². The fourth-order valence-electron chi connectivity index (χ4n) is 3.75. The number of aryl methyl sites for hydroxylation is 1. The van der Waals surface area contributed by atoms with Gasteiger partial charge in [-0.05, 0) is 64.8 Å². The van der Waals surface area contributed by atoms with Gasteiger partial charge in [-0.2, -0.15) is 0 Å². The van der Waals surface area contributed by atoms with Crippen molar-refractivity contribution in [1.29, 1.82) is 0 Å². The van der Waals surface area contributed by atoms with Crippen LogP contribution in [0.4, 0.5) is 10.5 Å². The van der Waals surface area contributed by atoms with Crippen molar-refractivity contribution in [2.45, 2.75) is 58.7 Å². The molecule has 5 nitrogen and oxygen atoms in total. The predicted octanol–water partition coefficient (Wildman–Crippen LogP) is 3.40. The van der Waals surface area contributed by atoms with Gasteiger partial charge in [-0.15, -0.1) is 0 Å². The molecule has 1 aromatic carbocycles. The number of piperazine rings is 1. The Morgan fingerprint density at radius 2 is 1.88 bits per heavy atom. The number of ketones is 1. The summed E-state index contributed by atoms with van der Waals surface area (Å²) in [6.07, 6.45) is 0.769. The second kappa shape index (κ2) is 5.80. The van der Waals surface area contributed by atoms with Gasteiger partial charge in [0, 0.05) is 30.4 Å². The molecule has 0 N–H and O–H groups in total. The summed E-state index contributed by atoms with van der Waals surface area (Å²) in [6, 6.07) is 6.53. The fourth-order valence-corrected chi connectivity index (χ4v) is 3.75. The Morgan fingerprint density at radius 1 is 1.17 bits per heavy atom. The van der Waals surface area contributed by atoms with Crippen molar-refractivity contribution in [3.8, 4) is 0 Å². The molecule has 1 amide bonds. The normalized spacial score (nSPS) is 22.9. The molecule has 0 saturated carbocycles. The molecule has 130 valence electrons. The highest BCUT2D eigenvalue weighted by molar-refractivity contribution is 5.96. The third-order valence-electron chi connectivity index (χ3n) is 4.79. The third-order valence-corrected chi connectivity index (χ3v) is 4.79. The van der Waals surface area contributed by atoms with Gasteiger partial charge in [-0.1, -0.05) is 0 Å². The summed E-state index contributed by atoms with van der Waals surface area (Å²) in [5.41, 5.74) is 2.46. The smallest absolute Gasteiger partial charge is 0.410 e. The number of nitrogens with zero attached hydrogens (tertiary/aromatic N) is 2. The van der Waals surface area contributed by atoms with Gasteiger partial charge in [0.2, 0.25) is 0 Å². The van der Waals surface area contributed by atoms with Crippen molar-refractivity contribution in [3.05, 3.63) is 29.3 Å². The van der Waals surface area contributed by atoms with Gasteiger partial charge in [-0.3, -0.25) is 4.79 Å². The quantitative estimate of drug-likeness (QED) is 0.780. The molecular weight excluding hydrogens is 304 g/mol. The van der Waals surface area contributed by atoms with E-state index in [1.54, 1.807) is 6.92 Å². The van der Waals surface area contributed by atoms with Gasteiger partial charge in [0.15, 0.2) is 5.78 Å². The van der Waals surface area contributed by atoms with Gasteiger partial charge >= 0.3 is 6.09 Å². The van der Waals surface area contributed by atoms with Gasteiger partial charge in [0.25, 0.3) is 0 Å². The monoisotopic (exact) mass is 330 g/mol. The predicted molar refractivity (Wildman–Crippen MR) is 93.7 cm³/mol. The topological polar surface area (TPSA) is 49.9 Å². The molecule has 2 aliphatic heterocycles. The van der Waals surface area contributed by atoms with Crippen LogP contribution in [0, 0.1) is 6.92 Å². The van der Waals surface area contributed by atoms with Crippen molar-refractivity contribution in [3.63, 3.8) is 0 Å². The largest absolute Gasteiger partial charge is 0.444 e. The number of ether oxygens (including phenoxy) is 1. The average molecular weight is 330 g/mol. The standard InChI is InChI=1S/C19H26N2O3/c1-12-8-14(6-7-17(12)13(2)22)20-10-16-9-15(20)11-21(16)18(23)24-19(3,4)5/h6-8,15-16H,9-11H2,1-5H3/t15-,16-/m0/s1. The number of fused-ring (bicyclic) bond motifs is 2. The number of rotatable bonds is 2. The highest BCUT2D eigenvalue weighted by atomic mass is 16.6. The first-order valence-corrected chi connectivity index (χ1v) is 8.53. The summed E-state index contributed by atoms with van der Waals surface area (Å²) in [5, 5.41) is 0. The van der Waals surface area contributed by atoms with E-state index in [0.717, 1.165) is 29.8 Å². The van der Waals surface area contributed by atoms with Gasteiger partial charge in [0.05, 0.1) is 6.04 Å². The zero-order valence-electron chi connectivity index (χ0n) is 15.1. The molecule has 5 heteroatoms. The van der Waals surface area contributed by atoms with Crippen LogP contribution < -0.4 is 4.90 Å². The van der Waals surface area contributed by atoms with E-state index in [2.05, 4.69) is 11.0 Å². The van der Waals surface area contributed by atoms with Crippen LogP contribution in [-0.4, -0.2) is 47.6 Å². The number of benzene rings is 1. The average Bonchev–Trinajstić information content (AvgIpc) is 3.04. The number of Topliss-reactive ketones (excluding diaryl/α,β-unsaturated/α-hetero) is 1. The van der Waals surface area contributed by atoms with Crippen LogP contribution in [0.3, 0.4) is 0 Å². The van der Waals surface area contributed by atoms with Crippen LogP contribution in [0.25, 0.3) is 0 Å². The number of hydrogen-bond donors (Lipinski definition) is 0. The van der Waals surface area contributed by atoms with Gasteiger partial charge in [-0.25, -0.2) is 4.79 Å². The highest BCUT2D eigenvalue weighted by Crippen LogP contribution is 2.36. The minimum atomic E-state index is -0.460. The Kier molecular flexibility index (Phi) is 4.06. The summed E-state index contributed by atoms with van der Waals surface area (Å²) in [4.78, 5) is 28.1. The number of hydrogen-bond acceptors (Lipinski definition) is 4. The second-order valence-electron chi connectivity index (χ2n) is 7.88. The maximum Gasteiger partial charge on any atom is 0.410 e. The zero-order chi connectivity index (χ0) is 17.6. The first-order chi connectivity index (χ1) is 11.2. The van der Waals surface area contributed by atoms with Crippen molar-refractivity contribution in [2.75, 3.05) is 18.0 Å². The molecule has 2 atom stereocenters. The third kappa shape index (κ3) is 3.12. The molecule has 0 aliphatic carbocycles. The number of amides is 1. The molecule has 2 bridgehead atoms. The van der Waals surface area contributed by atoms with E-state index >= 15 is 0 Å². The van der Waals surface area contributed by atoms with Crippen LogP contribution in [0.15, 0.2) is 18.2 Å². The molecule has 3 rings (SSSR count). The Bertz CT molecular complexity index is 678. The zero-order valence-corrected chi connectivity index (χ0v) is 15.1. The first-order valence-electron chi connectivity index (χ1n) is 8.53. The minimum Gasteiger partial charge on any atom is -0.444 e. The van der Waals surface area contributed by atoms with E-state index in [1.807, 2.05) is 44.7 Å². The van der Waals surface area contributed by atoms with Crippen LogP contribution in [0.5, 0.6) is 0 Å². The maximum atomic E-state index is 12.3. The van der Waals surface area contributed by atoms with Gasteiger partial charge in [0.1, 0.15) is 5.60 Å². The number of likely N-dealkylation sites (tertiary alicyclic amines) is 1. The molecule has 0 unspecified atom stereocenters. The number of carbonyl (C=O) groups excluding carboxylic acids is 2. The number of carbonyl (C=O) groups is 2. The van der Waals surface area contributed by atoms with E-state index in [4.69, 9.17) is 4.74 Å². The Balaban J connectivity index is 1.71. The molecule has 2 heterocycles. The fraction of sp³-hybridized carbons (Fsp3) is 0.579. The molecule has 0 aromatic heterocycles. The SMILES string of the molecule is CC(=O)c1ccc(N2C[C@@H]3C[C@H]2CN3C(=O)OC(C)(C)C)cc1C. The van der Waals surface area contributed by atoms with Crippen LogP contribution >= 0.6 is 0 Å². The molecule has 2 aliphatic rings. The Morgan fingerprint density at radius 3 is 2.38 bits per heavy atom. The highest BCUT2D eigenvalue weighted by Gasteiger charge is 2.46. The molecule has 2 saturated heterocycles. The van der Waals surface area contributed by atoms with Crippen molar-refractivity contribution in [1.82, 2.24) is 4.90 Å². The lowest BCUT2D eigenvalue weighted by molar-refractivity contribution is 0.0214. The molecule has 0 radical (unpaired) electrons. The molecular formula is C19H26N2O3. The van der Waals surface area contributed by atoms with Crippen molar-refractivity contribution >= 4 is 17.6 Å². The molecule has 1 aromatic rings. The number of anilines is 1. The van der Waals surface area contributed by atoms with Crippen LogP contribution in [-0.2, 0) is 4.74 Å². The van der Waals surface area contributed by atoms with Gasteiger partial charge < -0.3 is 14.5 Å². The first kappa shape index (κ1) is 16.8. The summed E-state index contributed by atoms with van der Waals surface area (Å²) < 4.78 is 5.51. The van der Waals surface area contributed by atoms with Crippen molar-refractivity contribution in [2.24, 2.45) is 0 Å². The summed E-state index contributed by atoms with van der Waals surface area (Å²) in [7, 11) is 0.